The number of carbonyl (C=O) groups is 1. The van der Waals surface area contributed by atoms with E-state index >= 15 is 0 Å². The molecule has 0 spiro atoms. The van der Waals surface area contributed by atoms with E-state index in [9.17, 15) is 18.0 Å². The second-order valence-corrected chi connectivity index (χ2v) is 8.28. The lowest BCUT2D eigenvalue weighted by Crippen LogP contribution is -2.42. The van der Waals surface area contributed by atoms with Crippen LogP contribution in [-0.4, -0.2) is 43.2 Å². The van der Waals surface area contributed by atoms with Crippen molar-refractivity contribution < 1.29 is 18.0 Å². The minimum Gasteiger partial charge on any atom is -0.306 e. The van der Waals surface area contributed by atoms with Crippen LogP contribution in [0.5, 0.6) is 0 Å². The summed E-state index contributed by atoms with van der Waals surface area (Å²) in [7, 11) is 0. The molecule has 7 nitrogen and oxygen atoms in total. The van der Waals surface area contributed by atoms with Gasteiger partial charge < -0.3 is 9.47 Å². The second-order valence-electron chi connectivity index (χ2n) is 8.28. The van der Waals surface area contributed by atoms with Gasteiger partial charge in [0.25, 0.3) is 5.91 Å². The molecule has 2 aromatic carbocycles. The van der Waals surface area contributed by atoms with E-state index in [0.29, 0.717) is 24.1 Å². The van der Waals surface area contributed by atoms with Gasteiger partial charge in [0.1, 0.15) is 18.3 Å². The minimum absolute atomic E-state index is 0.290. The van der Waals surface area contributed by atoms with Crippen LogP contribution in [0.1, 0.15) is 23.7 Å². The Labute approximate surface area is 193 Å². The molecule has 1 aliphatic heterocycles. The van der Waals surface area contributed by atoms with Crippen LogP contribution in [0.3, 0.4) is 0 Å². The lowest BCUT2D eigenvalue weighted by Gasteiger charge is -2.26. The Morgan fingerprint density at radius 3 is 2.53 bits per heavy atom. The summed E-state index contributed by atoms with van der Waals surface area (Å²) in [6.45, 7) is 0.558. The number of benzene rings is 2. The zero-order chi connectivity index (χ0) is 23.9. The molecule has 0 fully saturated rings. The number of hydrogen-bond donors (Lipinski definition) is 0. The maximum atomic E-state index is 13.3. The Balaban J connectivity index is 1.42. The van der Waals surface area contributed by atoms with E-state index < -0.39 is 24.7 Å². The van der Waals surface area contributed by atoms with Gasteiger partial charge in [-0.05, 0) is 43.5 Å². The summed E-state index contributed by atoms with van der Waals surface area (Å²) in [6.07, 6.45) is 1.50. The molecular weight excluding hydrogens is 445 g/mol. The molecule has 4 aromatic rings. The molecule has 34 heavy (non-hydrogen) atoms. The van der Waals surface area contributed by atoms with Crippen LogP contribution in [0.15, 0.2) is 67.3 Å². The topological polar surface area (TPSA) is 68.8 Å². The van der Waals surface area contributed by atoms with Gasteiger partial charge in [-0.2, -0.15) is 13.2 Å². The number of anilines is 1. The number of fused-ring (bicyclic) bond motifs is 1. The molecule has 0 saturated carbocycles. The summed E-state index contributed by atoms with van der Waals surface area (Å²) in [5.74, 6) is -0.649. The normalized spacial score (nSPS) is 16.4. The smallest absolute Gasteiger partial charge is 0.306 e. The van der Waals surface area contributed by atoms with Crippen molar-refractivity contribution in [2.75, 3.05) is 11.4 Å². The Morgan fingerprint density at radius 1 is 1.06 bits per heavy atom. The number of amides is 1. The zero-order valence-corrected chi connectivity index (χ0v) is 18.3. The average Bonchev–Trinajstić information content (AvgIpc) is 3.44. The molecule has 0 radical (unpaired) electrons. The number of halogens is 3. The Kier molecular flexibility index (Phi) is 5.43. The van der Waals surface area contributed by atoms with Crippen LogP contribution in [0.25, 0.3) is 16.9 Å². The lowest BCUT2D eigenvalue weighted by atomic mass is 10.1. The van der Waals surface area contributed by atoms with E-state index in [0.717, 1.165) is 21.8 Å². The molecule has 174 valence electrons. The van der Waals surface area contributed by atoms with Gasteiger partial charge in [0.15, 0.2) is 0 Å². The largest absolute Gasteiger partial charge is 0.406 e. The van der Waals surface area contributed by atoms with Crippen LogP contribution < -0.4 is 4.90 Å². The van der Waals surface area contributed by atoms with E-state index in [1.54, 1.807) is 36.8 Å². The Bertz CT molecular complexity index is 1320. The predicted molar refractivity (Wildman–Crippen MR) is 120 cm³/mol. The standard InChI is InChI=1S/C24H21F3N6O/c1-16-12-31(15-28-16)19-9-6-17(7-10-19)20-13-33(30-29-20)22-11-8-18-4-2-3-5-21(18)32(23(22)34)14-24(25,26)27/h2-7,9-10,12-13,15,22H,8,11,14H2,1H3/t22-/m0/s1. The highest BCUT2D eigenvalue weighted by Crippen LogP contribution is 2.34. The van der Waals surface area contributed by atoms with E-state index in [1.807, 2.05) is 42.0 Å². The molecule has 1 amide bonds. The lowest BCUT2D eigenvalue weighted by molar-refractivity contribution is -0.134. The van der Waals surface area contributed by atoms with Gasteiger partial charge in [-0.3, -0.25) is 4.79 Å². The number of carbonyl (C=O) groups excluding carboxylic acids is 1. The van der Waals surface area contributed by atoms with Crippen molar-refractivity contribution in [2.24, 2.45) is 0 Å². The highest BCUT2D eigenvalue weighted by molar-refractivity contribution is 5.97. The minimum atomic E-state index is -4.53. The van der Waals surface area contributed by atoms with E-state index in [4.69, 9.17) is 0 Å². The average molecular weight is 466 g/mol. The van der Waals surface area contributed by atoms with Crippen molar-refractivity contribution in [3.05, 3.63) is 78.5 Å². The van der Waals surface area contributed by atoms with E-state index in [-0.39, 0.29) is 5.69 Å². The first-order valence-corrected chi connectivity index (χ1v) is 10.8. The molecule has 5 rings (SSSR count). The highest BCUT2D eigenvalue weighted by Gasteiger charge is 2.39. The van der Waals surface area contributed by atoms with Crippen molar-refractivity contribution >= 4 is 11.6 Å². The highest BCUT2D eigenvalue weighted by atomic mass is 19.4. The SMILES string of the molecule is Cc1cn(-c2ccc(-c3cn([C@H]4CCc5ccccc5N(CC(F)(F)F)C4=O)nn3)cc2)cn1. The molecule has 1 atom stereocenters. The summed E-state index contributed by atoms with van der Waals surface area (Å²) >= 11 is 0. The number of nitrogens with zero attached hydrogens (tertiary/aromatic N) is 6. The molecular formula is C24H21F3N6O. The first-order valence-electron chi connectivity index (χ1n) is 10.8. The van der Waals surface area contributed by atoms with Crippen molar-refractivity contribution in [1.29, 1.82) is 0 Å². The van der Waals surface area contributed by atoms with Crippen LogP contribution >= 0.6 is 0 Å². The van der Waals surface area contributed by atoms with Crippen molar-refractivity contribution in [3.63, 3.8) is 0 Å². The third-order valence-electron chi connectivity index (χ3n) is 5.86. The van der Waals surface area contributed by atoms with Crippen molar-refractivity contribution in [2.45, 2.75) is 32.0 Å². The maximum Gasteiger partial charge on any atom is 0.406 e. The van der Waals surface area contributed by atoms with Gasteiger partial charge in [-0.25, -0.2) is 9.67 Å². The molecule has 2 aromatic heterocycles. The number of aryl methyl sites for hydroxylation is 2. The van der Waals surface area contributed by atoms with Crippen LogP contribution in [0, 0.1) is 6.92 Å². The van der Waals surface area contributed by atoms with E-state index in [2.05, 4.69) is 15.3 Å². The zero-order valence-electron chi connectivity index (χ0n) is 18.3. The van der Waals surface area contributed by atoms with Crippen molar-refractivity contribution in [3.8, 4) is 16.9 Å². The van der Waals surface area contributed by atoms with Gasteiger partial charge in [-0.1, -0.05) is 35.5 Å². The fourth-order valence-electron chi connectivity index (χ4n) is 4.22. The Hall–Kier alpha value is -3.95. The van der Waals surface area contributed by atoms with Crippen LogP contribution in [0.4, 0.5) is 18.9 Å². The first-order chi connectivity index (χ1) is 16.3. The summed E-state index contributed by atoms with van der Waals surface area (Å²) in [6, 6.07) is 13.4. The summed E-state index contributed by atoms with van der Waals surface area (Å²) in [5, 5.41) is 8.29. The number of rotatable bonds is 4. The number of imidazole rings is 1. The molecule has 1 aliphatic rings. The molecule has 0 bridgehead atoms. The third kappa shape index (κ3) is 4.30. The summed E-state index contributed by atoms with van der Waals surface area (Å²) < 4.78 is 43.2. The number of para-hydroxylation sites is 1. The number of hydrogen-bond acceptors (Lipinski definition) is 4. The molecule has 0 saturated heterocycles. The van der Waals surface area contributed by atoms with Gasteiger partial charge in [0, 0.05) is 23.1 Å². The van der Waals surface area contributed by atoms with Gasteiger partial charge in [0.2, 0.25) is 0 Å². The Morgan fingerprint density at radius 2 is 1.82 bits per heavy atom. The summed E-state index contributed by atoms with van der Waals surface area (Å²) in [5.41, 5.74) is 4.14. The third-order valence-corrected chi connectivity index (χ3v) is 5.86. The van der Waals surface area contributed by atoms with Crippen LogP contribution in [-0.2, 0) is 11.2 Å². The molecule has 3 heterocycles. The second kappa shape index (κ2) is 8.44. The number of aromatic nitrogens is 5. The fraction of sp³-hybridized carbons (Fsp3) is 0.250. The molecule has 0 aliphatic carbocycles. The van der Waals surface area contributed by atoms with Gasteiger partial charge in [0.05, 0.1) is 18.2 Å². The number of alkyl halides is 3. The van der Waals surface area contributed by atoms with Gasteiger partial charge >= 0.3 is 6.18 Å². The fourth-order valence-corrected chi connectivity index (χ4v) is 4.22. The summed E-state index contributed by atoms with van der Waals surface area (Å²) in [4.78, 5) is 18.3. The maximum absolute atomic E-state index is 13.3. The van der Waals surface area contributed by atoms with Crippen molar-refractivity contribution in [1.82, 2.24) is 24.5 Å². The first kappa shape index (κ1) is 21.9. The van der Waals surface area contributed by atoms with Crippen LogP contribution in [0.2, 0.25) is 0 Å². The monoisotopic (exact) mass is 466 g/mol. The molecule has 10 heteroatoms. The van der Waals surface area contributed by atoms with Gasteiger partial charge in [-0.15, -0.1) is 5.10 Å². The predicted octanol–water partition coefficient (Wildman–Crippen LogP) is 4.52. The quantitative estimate of drug-likeness (QED) is 0.444. The molecule has 0 N–H and O–H groups in total. The van der Waals surface area contributed by atoms with E-state index in [1.165, 1.54) is 4.68 Å². The molecule has 0 unspecified atom stereocenters.